The van der Waals surface area contributed by atoms with Gasteiger partial charge in [0.05, 0.1) is 5.75 Å². The van der Waals surface area contributed by atoms with Crippen LogP contribution < -0.4 is 0 Å². The molecule has 0 saturated carbocycles. The SMILES string of the molecule is CC(=O)OCC#CCSc1nnc(-c2ccc(F)cc2)o1. The van der Waals surface area contributed by atoms with Crippen molar-refractivity contribution in [2.45, 2.75) is 12.1 Å². The Bertz CT molecular complexity index is 674. The third-order valence-electron chi connectivity index (χ3n) is 2.24. The van der Waals surface area contributed by atoms with Gasteiger partial charge >= 0.3 is 5.97 Å². The number of nitrogens with zero attached hydrogens (tertiary/aromatic N) is 2. The highest BCUT2D eigenvalue weighted by molar-refractivity contribution is 7.99. The van der Waals surface area contributed by atoms with Crippen LogP contribution in [0.1, 0.15) is 6.92 Å². The molecule has 1 aromatic heterocycles. The molecule has 0 atom stereocenters. The van der Waals surface area contributed by atoms with Gasteiger partial charge in [0, 0.05) is 12.5 Å². The van der Waals surface area contributed by atoms with E-state index < -0.39 is 0 Å². The third-order valence-corrected chi connectivity index (χ3v) is 2.94. The summed E-state index contributed by atoms with van der Waals surface area (Å²) in [6.07, 6.45) is 0. The molecule has 0 aliphatic rings. The molecule has 0 bridgehead atoms. The largest absolute Gasteiger partial charge is 0.453 e. The summed E-state index contributed by atoms with van der Waals surface area (Å²) >= 11 is 1.27. The number of ether oxygens (including phenoxy) is 1. The highest BCUT2D eigenvalue weighted by Crippen LogP contribution is 2.22. The third kappa shape index (κ3) is 4.93. The first-order valence-corrected chi connectivity index (χ1v) is 6.95. The van der Waals surface area contributed by atoms with Crippen LogP contribution in [-0.4, -0.2) is 28.5 Å². The molecule has 0 amide bonds. The zero-order valence-corrected chi connectivity index (χ0v) is 11.9. The zero-order valence-electron chi connectivity index (χ0n) is 11.1. The summed E-state index contributed by atoms with van der Waals surface area (Å²) in [5.74, 6) is 5.57. The van der Waals surface area contributed by atoms with Crippen molar-refractivity contribution in [2.75, 3.05) is 12.4 Å². The van der Waals surface area contributed by atoms with Crippen LogP contribution in [0.15, 0.2) is 33.9 Å². The van der Waals surface area contributed by atoms with Gasteiger partial charge in [0.15, 0.2) is 6.61 Å². The molecule has 108 valence electrons. The van der Waals surface area contributed by atoms with Gasteiger partial charge in [-0.2, -0.15) is 0 Å². The molecule has 2 aromatic rings. The second-order valence-corrected chi connectivity index (χ2v) is 4.73. The summed E-state index contributed by atoms with van der Waals surface area (Å²) in [5.41, 5.74) is 0.650. The summed E-state index contributed by atoms with van der Waals surface area (Å²) in [4.78, 5) is 10.5. The Morgan fingerprint density at radius 1 is 1.33 bits per heavy atom. The molecule has 0 aliphatic heterocycles. The van der Waals surface area contributed by atoms with E-state index in [1.54, 1.807) is 12.1 Å². The van der Waals surface area contributed by atoms with E-state index in [1.165, 1.54) is 30.8 Å². The number of hydrogen-bond acceptors (Lipinski definition) is 6. The average molecular weight is 306 g/mol. The summed E-state index contributed by atoms with van der Waals surface area (Å²) in [7, 11) is 0. The Balaban J connectivity index is 1.86. The van der Waals surface area contributed by atoms with Crippen LogP contribution >= 0.6 is 11.8 Å². The minimum absolute atomic E-state index is 0.0700. The molecule has 21 heavy (non-hydrogen) atoms. The van der Waals surface area contributed by atoms with Gasteiger partial charge in [-0.25, -0.2) is 4.39 Å². The maximum atomic E-state index is 12.8. The second-order valence-electron chi connectivity index (χ2n) is 3.80. The Kier molecular flexibility index (Phi) is 5.35. The maximum Gasteiger partial charge on any atom is 0.303 e. The maximum absolute atomic E-state index is 12.8. The molecule has 0 fully saturated rings. The molecular formula is C14H11FN2O3S. The van der Waals surface area contributed by atoms with Crippen molar-refractivity contribution in [1.82, 2.24) is 10.2 Å². The lowest BCUT2D eigenvalue weighted by Gasteiger charge is -1.93. The topological polar surface area (TPSA) is 65.2 Å². The van der Waals surface area contributed by atoms with E-state index in [0.29, 0.717) is 22.4 Å². The molecular weight excluding hydrogens is 295 g/mol. The van der Waals surface area contributed by atoms with Gasteiger partial charge in [-0.1, -0.05) is 23.6 Å². The minimum atomic E-state index is -0.363. The number of hydrogen-bond donors (Lipinski definition) is 0. The first kappa shape index (κ1) is 15.1. The van der Waals surface area contributed by atoms with Gasteiger partial charge in [-0.05, 0) is 24.3 Å². The van der Waals surface area contributed by atoms with Gasteiger partial charge in [0.1, 0.15) is 5.82 Å². The van der Waals surface area contributed by atoms with E-state index in [9.17, 15) is 9.18 Å². The number of benzene rings is 1. The van der Waals surface area contributed by atoms with Crippen molar-refractivity contribution in [3.05, 3.63) is 30.1 Å². The lowest BCUT2D eigenvalue weighted by atomic mass is 10.2. The van der Waals surface area contributed by atoms with Crippen LogP contribution in [-0.2, 0) is 9.53 Å². The Labute approximate surface area is 124 Å². The van der Waals surface area contributed by atoms with Crippen molar-refractivity contribution < 1.29 is 18.3 Å². The first-order chi connectivity index (χ1) is 10.1. The number of thioether (sulfide) groups is 1. The van der Waals surface area contributed by atoms with Crippen LogP contribution in [0.2, 0.25) is 0 Å². The summed E-state index contributed by atoms with van der Waals surface area (Å²) in [6, 6.07) is 5.78. The van der Waals surface area contributed by atoms with E-state index in [1.807, 2.05) is 0 Å². The molecule has 0 radical (unpaired) electrons. The fourth-order valence-corrected chi connectivity index (χ4v) is 1.85. The summed E-state index contributed by atoms with van der Waals surface area (Å²) in [5, 5.41) is 8.11. The van der Waals surface area contributed by atoms with Gasteiger partial charge < -0.3 is 9.15 Å². The van der Waals surface area contributed by atoms with Gasteiger partial charge in [-0.15, -0.1) is 10.2 Å². The number of rotatable bonds is 4. The molecule has 7 heteroatoms. The van der Waals surface area contributed by atoms with Crippen LogP contribution in [0.4, 0.5) is 4.39 Å². The zero-order chi connectivity index (χ0) is 15.1. The first-order valence-electron chi connectivity index (χ1n) is 5.96. The fourth-order valence-electron chi connectivity index (χ4n) is 1.31. The van der Waals surface area contributed by atoms with Crippen molar-refractivity contribution in [3.63, 3.8) is 0 Å². The molecule has 0 N–H and O–H groups in total. The molecule has 2 rings (SSSR count). The van der Waals surface area contributed by atoms with E-state index in [4.69, 9.17) is 4.42 Å². The van der Waals surface area contributed by atoms with E-state index >= 15 is 0 Å². The van der Waals surface area contributed by atoms with Crippen molar-refractivity contribution >= 4 is 17.7 Å². The lowest BCUT2D eigenvalue weighted by Crippen LogP contribution is -1.97. The molecule has 1 heterocycles. The standard InChI is InChI=1S/C14H11FN2O3S/c1-10(18)19-8-2-3-9-21-14-17-16-13(20-14)11-4-6-12(15)7-5-11/h4-7H,8-9H2,1H3. The Morgan fingerprint density at radius 3 is 2.81 bits per heavy atom. The number of carbonyl (C=O) groups is 1. The number of carbonyl (C=O) groups excluding carboxylic acids is 1. The van der Waals surface area contributed by atoms with E-state index in [-0.39, 0.29) is 18.4 Å². The molecule has 1 aromatic carbocycles. The number of aromatic nitrogens is 2. The molecule has 0 saturated heterocycles. The fraction of sp³-hybridized carbons (Fsp3) is 0.214. The van der Waals surface area contributed by atoms with E-state index in [0.717, 1.165) is 0 Å². The Hall–Kier alpha value is -2.33. The smallest absolute Gasteiger partial charge is 0.303 e. The number of halogens is 1. The van der Waals surface area contributed by atoms with Gasteiger partial charge in [0.25, 0.3) is 5.22 Å². The Morgan fingerprint density at radius 2 is 2.10 bits per heavy atom. The molecule has 0 aliphatic carbocycles. The lowest BCUT2D eigenvalue weighted by molar-refractivity contribution is -0.139. The monoisotopic (exact) mass is 306 g/mol. The van der Waals surface area contributed by atoms with Crippen LogP contribution in [0.3, 0.4) is 0 Å². The van der Waals surface area contributed by atoms with E-state index in [2.05, 4.69) is 26.8 Å². The predicted molar refractivity (Wildman–Crippen MR) is 74.8 cm³/mol. The number of esters is 1. The van der Waals surface area contributed by atoms with Crippen LogP contribution in [0.5, 0.6) is 0 Å². The summed E-state index contributed by atoms with van der Waals surface area (Å²) in [6.45, 7) is 1.40. The highest BCUT2D eigenvalue weighted by Gasteiger charge is 2.08. The minimum Gasteiger partial charge on any atom is -0.453 e. The quantitative estimate of drug-likeness (QED) is 0.491. The second kappa shape index (κ2) is 7.45. The molecule has 0 spiro atoms. The van der Waals surface area contributed by atoms with Crippen molar-refractivity contribution in [1.29, 1.82) is 0 Å². The van der Waals surface area contributed by atoms with Crippen molar-refractivity contribution in [2.24, 2.45) is 0 Å². The van der Waals surface area contributed by atoms with Gasteiger partial charge in [-0.3, -0.25) is 4.79 Å². The van der Waals surface area contributed by atoms with Crippen LogP contribution in [0, 0.1) is 17.7 Å². The highest BCUT2D eigenvalue weighted by atomic mass is 32.2. The normalized spacial score (nSPS) is 9.81. The predicted octanol–water partition coefficient (Wildman–Crippen LogP) is 2.53. The average Bonchev–Trinajstić information content (AvgIpc) is 2.92. The van der Waals surface area contributed by atoms with Gasteiger partial charge in [0.2, 0.25) is 5.89 Å². The molecule has 0 unspecified atom stereocenters. The van der Waals surface area contributed by atoms with Crippen LogP contribution in [0.25, 0.3) is 11.5 Å². The summed E-state index contributed by atoms with van der Waals surface area (Å²) < 4.78 is 22.9. The van der Waals surface area contributed by atoms with Crippen molar-refractivity contribution in [3.8, 4) is 23.3 Å². The molecule has 5 nitrogen and oxygen atoms in total.